The lowest BCUT2D eigenvalue weighted by atomic mass is 10.2. The van der Waals surface area contributed by atoms with Gasteiger partial charge in [-0.2, -0.15) is 0 Å². The number of carbonyl (C=O) groups is 1. The third kappa shape index (κ3) is 5.84. The van der Waals surface area contributed by atoms with Crippen LogP contribution in [-0.2, 0) is 14.6 Å². The van der Waals surface area contributed by atoms with Crippen LogP contribution in [0.2, 0.25) is 0 Å². The lowest BCUT2D eigenvalue weighted by molar-refractivity contribution is -0.111. The van der Waals surface area contributed by atoms with Crippen LogP contribution in [0, 0.1) is 11.7 Å². The molecule has 0 aliphatic rings. The van der Waals surface area contributed by atoms with E-state index in [-0.39, 0.29) is 28.3 Å². The molecule has 0 radical (unpaired) electrons. The van der Waals surface area contributed by atoms with Crippen molar-refractivity contribution in [1.29, 1.82) is 0 Å². The molecule has 156 valence electrons. The average Bonchev–Trinajstić information content (AvgIpc) is 3.14. The second kappa shape index (κ2) is 9.32. The van der Waals surface area contributed by atoms with E-state index in [1.54, 1.807) is 47.9 Å². The first-order chi connectivity index (χ1) is 14.2. The molecule has 0 bridgehead atoms. The smallest absolute Gasteiger partial charge is 0.250 e. The van der Waals surface area contributed by atoms with E-state index >= 15 is 0 Å². The molecule has 1 heterocycles. The molecule has 3 rings (SSSR count). The third-order valence-electron chi connectivity index (χ3n) is 4.09. The molecule has 0 saturated heterocycles. The van der Waals surface area contributed by atoms with E-state index < -0.39 is 9.84 Å². The molecule has 0 spiro atoms. The third-order valence-corrected chi connectivity index (χ3v) is 6.95. The molecule has 0 aliphatic heterocycles. The number of sulfone groups is 1. The van der Waals surface area contributed by atoms with Crippen molar-refractivity contribution in [3.63, 3.8) is 0 Å². The lowest BCUT2D eigenvalue weighted by Gasteiger charge is -2.07. The molecular formula is C22H21FN2O3S2. The Kier molecular flexibility index (Phi) is 6.79. The summed E-state index contributed by atoms with van der Waals surface area (Å²) in [5.74, 6) is -0.532. The summed E-state index contributed by atoms with van der Waals surface area (Å²) in [5.41, 5.74) is 2.12. The standard InChI is InChI=1S/C22H21FN2O3S2/c1-15(2)14-30(27,28)19-10-3-16(4-11-19)5-12-21(26)25-22-24-20(13-29-22)17-6-8-18(23)9-7-17/h3-13,15H,14H2,1-2H3,(H,24,25,26)/b12-5-. The van der Waals surface area contributed by atoms with Gasteiger partial charge in [-0.05, 0) is 54.0 Å². The zero-order chi connectivity index (χ0) is 21.7. The molecule has 0 fully saturated rings. The second-order valence-corrected chi connectivity index (χ2v) is 10.0. The highest BCUT2D eigenvalue weighted by Gasteiger charge is 2.15. The van der Waals surface area contributed by atoms with Crippen molar-refractivity contribution in [3.8, 4) is 11.3 Å². The first-order valence-electron chi connectivity index (χ1n) is 9.26. The van der Waals surface area contributed by atoms with Gasteiger partial charge in [0.25, 0.3) is 0 Å². The van der Waals surface area contributed by atoms with Crippen LogP contribution < -0.4 is 5.32 Å². The van der Waals surface area contributed by atoms with Crippen molar-refractivity contribution < 1.29 is 17.6 Å². The number of anilines is 1. The summed E-state index contributed by atoms with van der Waals surface area (Å²) < 4.78 is 37.5. The number of amides is 1. The molecule has 1 amide bonds. The van der Waals surface area contributed by atoms with Gasteiger partial charge in [-0.15, -0.1) is 11.3 Å². The number of hydrogen-bond acceptors (Lipinski definition) is 5. The van der Waals surface area contributed by atoms with E-state index in [1.807, 2.05) is 13.8 Å². The number of nitrogens with zero attached hydrogens (tertiary/aromatic N) is 1. The Morgan fingerprint density at radius 2 is 1.80 bits per heavy atom. The first-order valence-corrected chi connectivity index (χ1v) is 11.8. The van der Waals surface area contributed by atoms with Crippen LogP contribution in [0.3, 0.4) is 0 Å². The number of aromatic nitrogens is 1. The fourth-order valence-electron chi connectivity index (χ4n) is 2.72. The summed E-state index contributed by atoms with van der Waals surface area (Å²) in [6.07, 6.45) is 2.96. The number of thiazole rings is 1. The Hall–Kier alpha value is -2.84. The molecule has 0 atom stereocenters. The van der Waals surface area contributed by atoms with Crippen molar-refractivity contribution in [1.82, 2.24) is 4.98 Å². The van der Waals surface area contributed by atoms with Gasteiger partial charge < -0.3 is 0 Å². The molecule has 0 aliphatic carbocycles. The van der Waals surface area contributed by atoms with Crippen LogP contribution in [0.5, 0.6) is 0 Å². The fourth-order valence-corrected chi connectivity index (χ4v) is 5.07. The maximum absolute atomic E-state index is 13.0. The van der Waals surface area contributed by atoms with Crippen LogP contribution in [0.15, 0.2) is 64.9 Å². The predicted octanol–water partition coefficient (Wildman–Crippen LogP) is 5.03. The van der Waals surface area contributed by atoms with Crippen LogP contribution in [0.1, 0.15) is 19.4 Å². The molecule has 0 unspecified atom stereocenters. The van der Waals surface area contributed by atoms with Gasteiger partial charge in [0.05, 0.1) is 16.3 Å². The van der Waals surface area contributed by atoms with E-state index in [1.165, 1.54) is 29.5 Å². The molecule has 8 heteroatoms. The van der Waals surface area contributed by atoms with E-state index in [4.69, 9.17) is 0 Å². The number of rotatable bonds is 7. The Labute approximate surface area is 179 Å². The second-order valence-electron chi connectivity index (χ2n) is 7.11. The molecule has 2 aromatic carbocycles. The van der Waals surface area contributed by atoms with Crippen molar-refractivity contribution in [2.75, 3.05) is 11.1 Å². The minimum Gasteiger partial charge on any atom is -0.298 e. The first kappa shape index (κ1) is 21.9. The van der Waals surface area contributed by atoms with Crippen LogP contribution in [-0.4, -0.2) is 25.1 Å². The monoisotopic (exact) mass is 444 g/mol. The zero-order valence-electron chi connectivity index (χ0n) is 16.5. The van der Waals surface area contributed by atoms with Crippen LogP contribution in [0.4, 0.5) is 9.52 Å². The van der Waals surface area contributed by atoms with E-state index in [9.17, 15) is 17.6 Å². The zero-order valence-corrected chi connectivity index (χ0v) is 18.1. The van der Waals surface area contributed by atoms with Crippen molar-refractivity contribution in [3.05, 3.63) is 71.4 Å². The molecule has 1 N–H and O–H groups in total. The molecular weight excluding hydrogens is 423 g/mol. The number of carbonyl (C=O) groups excluding carboxylic acids is 1. The summed E-state index contributed by atoms with van der Waals surface area (Å²) in [6, 6.07) is 12.4. The van der Waals surface area contributed by atoms with E-state index in [0.717, 1.165) is 5.56 Å². The Morgan fingerprint density at radius 3 is 2.43 bits per heavy atom. The lowest BCUT2D eigenvalue weighted by Crippen LogP contribution is -2.11. The maximum Gasteiger partial charge on any atom is 0.250 e. The predicted molar refractivity (Wildman–Crippen MR) is 119 cm³/mol. The van der Waals surface area contributed by atoms with Crippen LogP contribution >= 0.6 is 11.3 Å². The Bertz CT molecular complexity index is 1150. The van der Waals surface area contributed by atoms with E-state index in [2.05, 4.69) is 10.3 Å². The summed E-state index contributed by atoms with van der Waals surface area (Å²) in [6.45, 7) is 3.72. The van der Waals surface area contributed by atoms with Gasteiger partial charge in [0.15, 0.2) is 15.0 Å². The van der Waals surface area contributed by atoms with Gasteiger partial charge in [0.2, 0.25) is 5.91 Å². The molecule has 0 saturated carbocycles. The van der Waals surface area contributed by atoms with Crippen molar-refractivity contribution >= 4 is 38.3 Å². The largest absolute Gasteiger partial charge is 0.298 e. The summed E-state index contributed by atoms with van der Waals surface area (Å²) in [4.78, 5) is 16.7. The Morgan fingerprint density at radius 1 is 1.13 bits per heavy atom. The number of benzene rings is 2. The van der Waals surface area contributed by atoms with Crippen LogP contribution in [0.25, 0.3) is 17.3 Å². The average molecular weight is 445 g/mol. The topological polar surface area (TPSA) is 76.1 Å². The van der Waals surface area contributed by atoms with E-state index in [0.29, 0.717) is 16.4 Å². The normalized spacial score (nSPS) is 11.9. The minimum atomic E-state index is -3.30. The summed E-state index contributed by atoms with van der Waals surface area (Å²) >= 11 is 1.27. The van der Waals surface area contributed by atoms with Gasteiger partial charge in [-0.1, -0.05) is 26.0 Å². The van der Waals surface area contributed by atoms with Crippen molar-refractivity contribution in [2.45, 2.75) is 18.7 Å². The van der Waals surface area contributed by atoms with Gasteiger partial charge in [0.1, 0.15) is 5.82 Å². The summed E-state index contributed by atoms with van der Waals surface area (Å²) in [5, 5.41) is 4.89. The Balaban J connectivity index is 1.62. The van der Waals surface area contributed by atoms with Gasteiger partial charge >= 0.3 is 0 Å². The number of halogens is 1. The molecule has 30 heavy (non-hydrogen) atoms. The van der Waals surface area contributed by atoms with Gasteiger partial charge in [0, 0.05) is 17.0 Å². The number of nitrogens with one attached hydrogen (secondary N) is 1. The highest BCUT2D eigenvalue weighted by molar-refractivity contribution is 7.91. The number of hydrogen-bond donors (Lipinski definition) is 1. The quantitative estimate of drug-likeness (QED) is 0.519. The highest BCUT2D eigenvalue weighted by atomic mass is 32.2. The minimum absolute atomic E-state index is 0.0488. The SMILES string of the molecule is CC(C)CS(=O)(=O)c1ccc(/C=C\C(=O)Nc2nc(-c3ccc(F)cc3)cs2)cc1. The highest BCUT2D eigenvalue weighted by Crippen LogP contribution is 2.25. The maximum atomic E-state index is 13.0. The van der Waals surface area contributed by atoms with Gasteiger partial charge in [-0.3, -0.25) is 10.1 Å². The summed E-state index contributed by atoms with van der Waals surface area (Å²) in [7, 11) is -3.30. The van der Waals surface area contributed by atoms with Gasteiger partial charge in [-0.25, -0.2) is 17.8 Å². The molecule has 1 aromatic heterocycles. The molecule has 3 aromatic rings. The van der Waals surface area contributed by atoms with Crippen molar-refractivity contribution in [2.24, 2.45) is 5.92 Å². The fraction of sp³-hybridized carbons (Fsp3) is 0.182. The molecule has 5 nitrogen and oxygen atoms in total.